The van der Waals surface area contributed by atoms with Crippen LogP contribution in [0.2, 0.25) is 0 Å². The van der Waals surface area contributed by atoms with Crippen LogP contribution in [0.25, 0.3) is 0 Å². The summed E-state index contributed by atoms with van der Waals surface area (Å²) in [5.74, 6) is 2.85. The van der Waals surface area contributed by atoms with Crippen molar-refractivity contribution in [1.82, 2.24) is 0 Å². The maximum absolute atomic E-state index is 11.6. The molecule has 0 aromatic carbocycles. The van der Waals surface area contributed by atoms with Gasteiger partial charge in [0.2, 0.25) is 0 Å². The highest BCUT2D eigenvalue weighted by atomic mass is 16.5. The second kappa shape index (κ2) is 7.71. The number of allylic oxidation sites excluding steroid dienone is 2. The Morgan fingerprint density at radius 2 is 2.22 bits per heavy atom. The lowest BCUT2D eigenvalue weighted by Crippen LogP contribution is -2.15. The van der Waals surface area contributed by atoms with Crippen molar-refractivity contribution in [2.45, 2.75) is 39.0 Å². The number of ketones is 1. The smallest absolute Gasteiger partial charge is 0.306 e. The lowest BCUT2D eigenvalue weighted by atomic mass is 9.90. The molecule has 0 aliphatic heterocycles. The van der Waals surface area contributed by atoms with Crippen molar-refractivity contribution in [3.63, 3.8) is 0 Å². The predicted molar refractivity (Wildman–Crippen MR) is 69.7 cm³/mol. The number of Topliss-reactive ketones (excluding diaryl/α,β-unsaturated/α-hetero) is 1. The number of ether oxygens (including phenoxy) is 1. The molecule has 0 spiro atoms. The van der Waals surface area contributed by atoms with E-state index in [9.17, 15) is 9.59 Å². The standard InChI is InChI=1S/C15H20O3/c1-3-5-7-12-9-14(16)10-13(12)11-15(17)18-8-6-4-2/h2-3,5,12-13H,6-11H2,1H3/b5-3-. The number of hydrogen-bond acceptors (Lipinski definition) is 3. The van der Waals surface area contributed by atoms with Gasteiger partial charge in [-0.15, -0.1) is 12.3 Å². The van der Waals surface area contributed by atoms with Gasteiger partial charge in [-0.25, -0.2) is 0 Å². The number of terminal acetylenes is 1. The molecule has 1 aliphatic rings. The molecule has 1 aliphatic carbocycles. The predicted octanol–water partition coefficient (Wildman–Crippen LogP) is 2.50. The van der Waals surface area contributed by atoms with Gasteiger partial charge in [-0.2, -0.15) is 0 Å². The Morgan fingerprint density at radius 3 is 2.89 bits per heavy atom. The van der Waals surface area contributed by atoms with Gasteiger partial charge in [0, 0.05) is 25.7 Å². The van der Waals surface area contributed by atoms with E-state index in [4.69, 9.17) is 11.2 Å². The fourth-order valence-corrected chi connectivity index (χ4v) is 2.32. The highest BCUT2D eigenvalue weighted by Gasteiger charge is 2.33. The molecule has 0 heterocycles. The minimum atomic E-state index is -0.240. The summed E-state index contributed by atoms with van der Waals surface area (Å²) in [6.07, 6.45) is 11.8. The van der Waals surface area contributed by atoms with Gasteiger partial charge in [0.05, 0.1) is 0 Å². The van der Waals surface area contributed by atoms with E-state index in [-0.39, 0.29) is 30.2 Å². The van der Waals surface area contributed by atoms with Gasteiger partial charge in [-0.1, -0.05) is 12.2 Å². The summed E-state index contributed by atoms with van der Waals surface area (Å²) in [4.78, 5) is 23.0. The highest BCUT2D eigenvalue weighted by Crippen LogP contribution is 2.34. The number of carbonyl (C=O) groups excluding carboxylic acids is 2. The van der Waals surface area contributed by atoms with E-state index in [0.717, 1.165) is 6.42 Å². The summed E-state index contributed by atoms with van der Waals surface area (Å²) in [5.41, 5.74) is 0. The molecular weight excluding hydrogens is 228 g/mol. The Kier molecular flexibility index (Phi) is 6.21. The first-order chi connectivity index (χ1) is 8.67. The zero-order valence-electron chi connectivity index (χ0n) is 10.9. The third kappa shape index (κ3) is 4.75. The molecular formula is C15H20O3. The van der Waals surface area contributed by atoms with Crippen LogP contribution in [0.5, 0.6) is 0 Å². The van der Waals surface area contributed by atoms with Crippen LogP contribution in [-0.2, 0) is 14.3 Å². The number of carbonyl (C=O) groups is 2. The van der Waals surface area contributed by atoms with Gasteiger partial charge in [0.25, 0.3) is 0 Å². The molecule has 0 radical (unpaired) electrons. The van der Waals surface area contributed by atoms with Crippen LogP contribution < -0.4 is 0 Å². The van der Waals surface area contributed by atoms with Crippen LogP contribution in [0.1, 0.15) is 39.0 Å². The zero-order valence-corrected chi connectivity index (χ0v) is 10.9. The molecule has 98 valence electrons. The Balaban J connectivity index is 2.40. The molecule has 1 fully saturated rings. The SMILES string of the molecule is C#CCCOC(=O)CC1CC(=O)CC1C/C=C\C. The van der Waals surface area contributed by atoms with Crippen LogP contribution in [-0.4, -0.2) is 18.4 Å². The molecule has 0 saturated heterocycles. The largest absolute Gasteiger partial charge is 0.465 e. The summed E-state index contributed by atoms with van der Waals surface area (Å²) < 4.78 is 5.02. The van der Waals surface area contributed by atoms with Gasteiger partial charge >= 0.3 is 5.97 Å². The number of esters is 1. The molecule has 18 heavy (non-hydrogen) atoms. The Morgan fingerprint density at radius 1 is 1.50 bits per heavy atom. The van der Waals surface area contributed by atoms with Gasteiger partial charge in [-0.05, 0) is 25.2 Å². The molecule has 0 aromatic heterocycles. The van der Waals surface area contributed by atoms with Crippen molar-refractivity contribution in [2.75, 3.05) is 6.61 Å². The average Bonchev–Trinajstić information content (AvgIpc) is 2.67. The highest BCUT2D eigenvalue weighted by molar-refractivity contribution is 5.82. The molecule has 1 saturated carbocycles. The monoisotopic (exact) mass is 248 g/mol. The molecule has 3 heteroatoms. The van der Waals surface area contributed by atoms with Gasteiger partial charge in [0.1, 0.15) is 12.4 Å². The van der Waals surface area contributed by atoms with E-state index in [1.807, 2.05) is 13.0 Å². The average molecular weight is 248 g/mol. The summed E-state index contributed by atoms with van der Waals surface area (Å²) in [5, 5.41) is 0. The summed E-state index contributed by atoms with van der Waals surface area (Å²) >= 11 is 0. The molecule has 0 amide bonds. The Bertz CT molecular complexity index is 362. The van der Waals surface area contributed by atoms with E-state index in [1.165, 1.54) is 0 Å². The van der Waals surface area contributed by atoms with Gasteiger partial charge in [0.15, 0.2) is 0 Å². The fourth-order valence-electron chi connectivity index (χ4n) is 2.32. The minimum Gasteiger partial charge on any atom is -0.465 e. The lowest BCUT2D eigenvalue weighted by Gasteiger charge is -2.16. The first-order valence-corrected chi connectivity index (χ1v) is 6.39. The van der Waals surface area contributed by atoms with Crippen LogP contribution >= 0.6 is 0 Å². The topological polar surface area (TPSA) is 43.4 Å². The van der Waals surface area contributed by atoms with E-state index in [2.05, 4.69) is 12.0 Å². The van der Waals surface area contributed by atoms with Crippen molar-refractivity contribution in [3.8, 4) is 12.3 Å². The van der Waals surface area contributed by atoms with E-state index in [0.29, 0.717) is 25.7 Å². The van der Waals surface area contributed by atoms with E-state index >= 15 is 0 Å². The molecule has 0 bridgehead atoms. The normalized spacial score (nSPS) is 23.2. The second-order valence-corrected chi connectivity index (χ2v) is 4.65. The molecule has 3 nitrogen and oxygen atoms in total. The maximum atomic E-state index is 11.6. The van der Waals surface area contributed by atoms with Crippen molar-refractivity contribution in [2.24, 2.45) is 11.8 Å². The van der Waals surface area contributed by atoms with Crippen molar-refractivity contribution < 1.29 is 14.3 Å². The number of rotatable bonds is 6. The molecule has 2 atom stereocenters. The Labute approximate surface area is 109 Å². The maximum Gasteiger partial charge on any atom is 0.306 e. The van der Waals surface area contributed by atoms with Crippen LogP contribution in [0.3, 0.4) is 0 Å². The van der Waals surface area contributed by atoms with E-state index < -0.39 is 0 Å². The van der Waals surface area contributed by atoms with Crippen molar-refractivity contribution in [1.29, 1.82) is 0 Å². The van der Waals surface area contributed by atoms with Gasteiger partial charge in [-0.3, -0.25) is 9.59 Å². The first kappa shape index (κ1) is 14.5. The van der Waals surface area contributed by atoms with Gasteiger partial charge < -0.3 is 4.74 Å². The van der Waals surface area contributed by atoms with Crippen LogP contribution in [0.15, 0.2) is 12.2 Å². The molecule has 0 N–H and O–H groups in total. The van der Waals surface area contributed by atoms with Crippen LogP contribution in [0.4, 0.5) is 0 Å². The van der Waals surface area contributed by atoms with Crippen LogP contribution in [0, 0.1) is 24.2 Å². The summed E-state index contributed by atoms with van der Waals surface area (Å²) in [6, 6.07) is 0. The summed E-state index contributed by atoms with van der Waals surface area (Å²) in [7, 11) is 0. The molecule has 1 rings (SSSR count). The van der Waals surface area contributed by atoms with Crippen molar-refractivity contribution in [3.05, 3.63) is 12.2 Å². The van der Waals surface area contributed by atoms with Crippen molar-refractivity contribution >= 4 is 11.8 Å². The Hall–Kier alpha value is -1.56. The second-order valence-electron chi connectivity index (χ2n) is 4.65. The van der Waals surface area contributed by atoms with E-state index in [1.54, 1.807) is 0 Å². The quantitative estimate of drug-likeness (QED) is 0.314. The fraction of sp³-hybridized carbons (Fsp3) is 0.600. The first-order valence-electron chi connectivity index (χ1n) is 6.39. The third-order valence-electron chi connectivity index (χ3n) is 3.26. The minimum absolute atomic E-state index is 0.132. The molecule has 2 unspecified atom stereocenters. The molecule has 0 aromatic rings. The number of hydrogen-bond donors (Lipinski definition) is 0. The zero-order chi connectivity index (χ0) is 13.4. The lowest BCUT2D eigenvalue weighted by molar-refractivity contribution is -0.144. The summed E-state index contributed by atoms with van der Waals surface area (Å²) in [6.45, 7) is 2.23. The third-order valence-corrected chi connectivity index (χ3v) is 3.26.